The molecule has 35 nitrogen and oxygen atoms in total. The Kier molecular flexibility index (Phi) is 29.1. The molecule has 1 unspecified atom stereocenters. The molecule has 1 fully saturated rings. The minimum absolute atomic E-state index is 0.0108. The Morgan fingerprint density at radius 3 is 1.68 bits per heavy atom. The topological polar surface area (TPSA) is 496 Å². The molecule has 0 saturated carbocycles. The van der Waals surface area contributed by atoms with Crippen molar-refractivity contribution in [1.29, 1.82) is 0 Å². The Hall–Kier alpha value is -9.36. The van der Waals surface area contributed by atoms with Crippen molar-refractivity contribution in [2.24, 2.45) is 0 Å². The highest BCUT2D eigenvalue weighted by Crippen LogP contribution is 2.26. The zero-order valence-electron chi connectivity index (χ0n) is 50.8. The zero-order valence-corrected chi connectivity index (χ0v) is 51.6. The standard InChI is InChI=1S/C56H79N15O20S/c1-35-26-39(27-36(2)51(35)92(89,90)66-42(55(87)88)30-62-52(84)37-5-8-43-38(28-37)29-63-71(43)16-15-61-56-59-13-14-60-56)91-25-3-4-44(72)57-11-12-58-53(85)40(6-9-46(74)75)65-54(86)41(7-10-47(76)77)64-45(73)31-67-17-19-68(32-48(78)79)21-23-70(34-50(82)83)24-22-69(20-18-67)33-49(80)81/h5,8,13-14,26-29,40-42,66H,3-4,6-7,9-12,15-25,30-34H2,1-2H3,(H,57,72)(H,58,85)(H,62,84)(H,64,73)(H,65,86)(H,74,75)(H,76,77)(H,78,79)(H,80,81)(H,82,83)(H,87,88)(H2,59,60,61)/t40?,41-,42-/m0/s1. The lowest BCUT2D eigenvalue weighted by molar-refractivity contribution is -0.140. The van der Waals surface area contributed by atoms with Crippen LogP contribution in [0, 0.1) is 13.8 Å². The molecule has 3 heterocycles. The molecule has 36 heteroatoms. The average molecular weight is 1310 g/mol. The molecular weight excluding hydrogens is 1230 g/mol. The first-order valence-electron chi connectivity index (χ1n) is 29.2. The molecule has 3 atom stereocenters. The summed E-state index contributed by atoms with van der Waals surface area (Å²) in [5, 5.41) is 78.0. The first-order valence-corrected chi connectivity index (χ1v) is 30.7. The van der Waals surface area contributed by atoms with Crippen LogP contribution in [-0.2, 0) is 64.5 Å². The van der Waals surface area contributed by atoms with E-state index < -0.39 is 145 Å². The molecule has 92 heavy (non-hydrogen) atoms. The number of amides is 5. The molecule has 0 spiro atoms. The van der Waals surface area contributed by atoms with Gasteiger partial charge in [-0.15, -0.1) is 0 Å². The average Bonchev–Trinajstić information content (AvgIpc) is 1.10. The number of nitrogens with one attached hydrogen (secondary N) is 8. The monoisotopic (exact) mass is 1310 g/mol. The number of nitrogens with zero attached hydrogens (tertiary/aromatic N) is 7. The second kappa shape index (κ2) is 36.5. The third-order valence-electron chi connectivity index (χ3n) is 14.3. The molecule has 5 rings (SSSR count). The summed E-state index contributed by atoms with van der Waals surface area (Å²) in [5.74, 6) is -10.7. The van der Waals surface area contributed by atoms with Crippen LogP contribution in [0.3, 0.4) is 0 Å². The maximum Gasteiger partial charge on any atom is 0.323 e. The third-order valence-corrected chi connectivity index (χ3v) is 16.1. The molecule has 2 aromatic carbocycles. The maximum absolute atomic E-state index is 13.7. The molecule has 1 saturated heterocycles. The van der Waals surface area contributed by atoms with Crippen LogP contribution >= 0.6 is 0 Å². The molecule has 0 bridgehead atoms. The van der Waals surface area contributed by atoms with Gasteiger partial charge in [-0.2, -0.15) is 9.82 Å². The van der Waals surface area contributed by atoms with Crippen LogP contribution in [0.2, 0.25) is 0 Å². The molecular formula is C56H79N15O20S. The molecule has 14 N–H and O–H groups in total. The van der Waals surface area contributed by atoms with Gasteiger partial charge < -0.3 is 72.3 Å². The van der Waals surface area contributed by atoms with Gasteiger partial charge in [0.1, 0.15) is 23.9 Å². The number of carbonyl (C=O) groups is 11. The van der Waals surface area contributed by atoms with Crippen molar-refractivity contribution in [3.8, 4) is 5.75 Å². The lowest BCUT2D eigenvalue weighted by Crippen LogP contribution is -2.55. The van der Waals surface area contributed by atoms with E-state index in [0.717, 1.165) is 5.52 Å². The van der Waals surface area contributed by atoms with E-state index in [-0.39, 0.29) is 119 Å². The summed E-state index contributed by atoms with van der Waals surface area (Å²) in [7, 11) is -4.49. The van der Waals surface area contributed by atoms with Gasteiger partial charge in [0.25, 0.3) is 5.91 Å². The Morgan fingerprint density at radius 1 is 0.620 bits per heavy atom. The predicted octanol–water partition coefficient (Wildman–Crippen LogP) is -2.78. The summed E-state index contributed by atoms with van der Waals surface area (Å²) >= 11 is 0. The van der Waals surface area contributed by atoms with Gasteiger partial charge in [-0.05, 0) is 74.6 Å². The van der Waals surface area contributed by atoms with Crippen LogP contribution in [0.1, 0.15) is 60.0 Å². The zero-order chi connectivity index (χ0) is 67.5. The number of fused-ring (bicyclic) bond motifs is 1. The van der Waals surface area contributed by atoms with Crippen LogP contribution in [0.15, 0.2) is 53.8 Å². The predicted molar refractivity (Wildman–Crippen MR) is 324 cm³/mol. The molecule has 1 aliphatic heterocycles. The van der Waals surface area contributed by atoms with Crippen molar-refractivity contribution in [3.05, 3.63) is 65.6 Å². The fourth-order valence-corrected chi connectivity index (χ4v) is 11.4. The number of aliphatic carboxylic acids is 6. The van der Waals surface area contributed by atoms with E-state index in [2.05, 4.69) is 51.7 Å². The van der Waals surface area contributed by atoms with Gasteiger partial charge in [0.2, 0.25) is 33.7 Å². The highest BCUT2D eigenvalue weighted by Gasteiger charge is 2.31. The molecule has 0 radical (unpaired) electrons. The van der Waals surface area contributed by atoms with Crippen LogP contribution < -0.4 is 41.4 Å². The Bertz CT molecular complexity index is 3290. The van der Waals surface area contributed by atoms with Crippen LogP contribution in [0.4, 0.5) is 5.95 Å². The first-order chi connectivity index (χ1) is 43.6. The number of aryl methyl sites for hydroxylation is 2. The summed E-state index contributed by atoms with van der Waals surface area (Å²) in [5.41, 5.74) is 1.33. The molecule has 0 aliphatic carbocycles. The minimum Gasteiger partial charge on any atom is -0.494 e. The molecule has 4 aromatic rings. The van der Waals surface area contributed by atoms with E-state index >= 15 is 0 Å². The summed E-state index contributed by atoms with van der Waals surface area (Å²) in [6.07, 6.45) is 2.83. The number of carbonyl (C=O) groups excluding carboxylic acids is 5. The van der Waals surface area contributed by atoms with Crippen LogP contribution in [0.25, 0.3) is 10.9 Å². The van der Waals surface area contributed by atoms with E-state index in [1.807, 2.05) is 0 Å². The van der Waals surface area contributed by atoms with Gasteiger partial charge in [0.05, 0.1) is 55.9 Å². The number of hydrogen-bond acceptors (Lipinski definition) is 21. The summed E-state index contributed by atoms with van der Waals surface area (Å²) in [6.45, 7) is 2.03. The van der Waals surface area contributed by atoms with Gasteiger partial charge in [0, 0.05) is 121 Å². The molecule has 504 valence electrons. The number of aromatic amines is 1. The Labute approximate surface area is 527 Å². The number of carboxylic acid groups (broad SMARTS) is 6. The smallest absolute Gasteiger partial charge is 0.323 e. The van der Waals surface area contributed by atoms with Gasteiger partial charge in [-0.3, -0.25) is 77.0 Å². The van der Waals surface area contributed by atoms with Gasteiger partial charge >= 0.3 is 35.8 Å². The van der Waals surface area contributed by atoms with Crippen molar-refractivity contribution in [3.63, 3.8) is 0 Å². The van der Waals surface area contributed by atoms with E-state index in [1.54, 1.807) is 45.2 Å². The number of hydrogen-bond donors (Lipinski definition) is 14. The Balaban J connectivity index is 1.08. The number of benzene rings is 2. The normalized spacial score (nSPS) is 14.9. The largest absolute Gasteiger partial charge is 0.494 e. The number of imidazole rings is 1. The maximum atomic E-state index is 13.7. The molecule has 1 aliphatic rings. The summed E-state index contributed by atoms with van der Waals surface area (Å²) < 4.78 is 37.0. The highest BCUT2D eigenvalue weighted by molar-refractivity contribution is 7.89. The fourth-order valence-electron chi connectivity index (χ4n) is 9.78. The number of rotatable bonds is 37. The van der Waals surface area contributed by atoms with E-state index in [9.17, 15) is 91.8 Å². The number of aromatic nitrogens is 4. The number of anilines is 1. The lowest BCUT2D eigenvalue weighted by atomic mass is 10.1. The van der Waals surface area contributed by atoms with Crippen molar-refractivity contribution in [1.82, 2.24) is 70.7 Å². The third kappa shape index (κ3) is 25.5. The summed E-state index contributed by atoms with van der Waals surface area (Å²) in [6, 6.07) is 2.79. The van der Waals surface area contributed by atoms with Gasteiger partial charge in [0.15, 0.2) is 5.95 Å². The molecule has 2 aromatic heterocycles. The van der Waals surface area contributed by atoms with Crippen molar-refractivity contribution < 1.29 is 96.5 Å². The lowest BCUT2D eigenvalue weighted by Gasteiger charge is -2.33. The minimum atomic E-state index is -4.49. The first kappa shape index (κ1) is 73.4. The Morgan fingerprint density at radius 2 is 1.16 bits per heavy atom. The van der Waals surface area contributed by atoms with E-state index in [4.69, 9.17) is 4.74 Å². The van der Waals surface area contributed by atoms with Crippen molar-refractivity contribution in [2.45, 2.75) is 81.9 Å². The van der Waals surface area contributed by atoms with Gasteiger partial charge in [-0.1, -0.05) is 0 Å². The van der Waals surface area contributed by atoms with Crippen LogP contribution in [0.5, 0.6) is 5.75 Å². The summed E-state index contributed by atoms with van der Waals surface area (Å²) in [4.78, 5) is 150. The van der Waals surface area contributed by atoms with Crippen LogP contribution in [-0.4, -0.2) is 273 Å². The van der Waals surface area contributed by atoms with Gasteiger partial charge in [-0.25, -0.2) is 13.4 Å². The fraction of sp³-hybridized carbons (Fsp3) is 0.518. The van der Waals surface area contributed by atoms with E-state index in [0.29, 0.717) is 24.4 Å². The number of carboxylic acids is 6. The number of H-pyrrole nitrogens is 1. The number of ether oxygens (including phenoxy) is 1. The van der Waals surface area contributed by atoms with Crippen molar-refractivity contribution >= 4 is 92.2 Å². The molecule has 5 amide bonds. The SMILES string of the molecule is Cc1cc(OCCCC(=O)NCCNC(=O)C(CCC(=O)O)NC(=O)[C@H](CCC(=O)O)NC(=O)CN2CCN(CC(=O)O)CCN(CC(=O)O)CCN(CC(=O)O)CC2)cc(C)c1S(=O)(=O)N[C@@H](CNC(=O)c1ccc2c(cnn2CCNc2ncc[nH]2)c1)C(=O)O. The quantitative estimate of drug-likeness (QED) is 0.0203. The second-order valence-electron chi connectivity index (χ2n) is 21.5. The number of sulfonamides is 1. The second-order valence-corrected chi connectivity index (χ2v) is 23.2. The van der Waals surface area contributed by atoms with Crippen molar-refractivity contribution in [2.75, 3.05) is 117 Å². The highest BCUT2D eigenvalue weighted by atomic mass is 32.2. The van der Waals surface area contributed by atoms with E-state index in [1.165, 1.54) is 41.8 Å².